The van der Waals surface area contributed by atoms with Crippen molar-refractivity contribution in [3.8, 4) is 0 Å². The highest BCUT2D eigenvalue weighted by atomic mass is 16.4. The molecule has 88 valence electrons. The molecule has 16 heavy (non-hydrogen) atoms. The fourth-order valence-corrected chi connectivity index (χ4v) is 1.31. The van der Waals surface area contributed by atoms with Gasteiger partial charge in [0.15, 0.2) is 0 Å². The smallest absolute Gasteiger partial charge is 0.331 e. The number of aliphatic carboxylic acids is 1. The Labute approximate surface area is 94.8 Å². The molecule has 0 saturated heterocycles. The van der Waals surface area contributed by atoms with Gasteiger partial charge in [-0.05, 0) is 6.42 Å². The Kier molecular flexibility index (Phi) is 5.28. The highest BCUT2D eigenvalue weighted by molar-refractivity contribution is 5.86. The maximum absolute atomic E-state index is 10.7. The summed E-state index contributed by atoms with van der Waals surface area (Å²) in [4.78, 5) is 14.6. The predicted molar refractivity (Wildman–Crippen MR) is 61.1 cm³/mol. The molecule has 0 saturated carbocycles. The summed E-state index contributed by atoms with van der Waals surface area (Å²) in [5.74, 6) is -0.834. The van der Waals surface area contributed by atoms with Crippen LogP contribution in [0.25, 0.3) is 0 Å². The molecular weight excluding hydrogens is 206 g/mol. The summed E-state index contributed by atoms with van der Waals surface area (Å²) in [5.41, 5.74) is 0.454. The van der Waals surface area contributed by atoms with Gasteiger partial charge >= 0.3 is 5.97 Å². The lowest BCUT2D eigenvalue weighted by Crippen LogP contribution is -2.20. The van der Waals surface area contributed by atoms with Crippen LogP contribution >= 0.6 is 0 Å². The average Bonchev–Trinajstić information content (AvgIpc) is 2.75. The van der Waals surface area contributed by atoms with Crippen LogP contribution in [0, 0.1) is 0 Å². The summed E-state index contributed by atoms with van der Waals surface area (Å²) < 4.78 is 1.97. The van der Waals surface area contributed by atoms with Crippen LogP contribution in [-0.4, -0.2) is 33.7 Å². The lowest BCUT2D eigenvalue weighted by atomic mass is 10.2. The van der Waals surface area contributed by atoms with Gasteiger partial charge in [0.25, 0.3) is 0 Å². The van der Waals surface area contributed by atoms with Crippen LogP contribution in [-0.2, 0) is 11.3 Å². The molecule has 0 radical (unpaired) electrons. The fraction of sp³-hybridized carbons (Fsp3) is 0.455. The second-order valence-electron chi connectivity index (χ2n) is 3.39. The number of imidazole rings is 1. The summed E-state index contributed by atoms with van der Waals surface area (Å²) in [5, 5.41) is 11.9. The number of aromatic nitrogens is 2. The number of carbonyl (C=O) groups is 1. The van der Waals surface area contributed by atoms with Gasteiger partial charge in [-0.25, -0.2) is 9.78 Å². The zero-order valence-electron chi connectivity index (χ0n) is 9.39. The number of rotatable bonds is 7. The second kappa shape index (κ2) is 6.79. The van der Waals surface area contributed by atoms with Gasteiger partial charge < -0.3 is 15.0 Å². The molecule has 0 aliphatic rings. The van der Waals surface area contributed by atoms with Gasteiger partial charge in [0.1, 0.15) is 0 Å². The minimum Gasteiger partial charge on any atom is -0.478 e. The Morgan fingerprint density at radius 2 is 2.44 bits per heavy atom. The SMILES string of the molecule is CC/C(=C/CNCCn1ccnc1)C(=O)O. The Bertz CT molecular complexity index is 344. The van der Waals surface area contributed by atoms with Gasteiger partial charge in [-0.15, -0.1) is 0 Å². The van der Waals surface area contributed by atoms with Crippen molar-refractivity contribution in [3.63, 3.8) is 0 Å². The maximum atomic E-state index is 10.7. The quantitative estimate of drug-likeness (QED) is 0.532. The van der Waals surface area contributed by atoms with Gasteiger partial charge in [0.05, 0.1) is 6.33 Å². The molecule has 0 aromatic carbocycles. The molecule has 0 aliphatic carbocycles. The third kappa shape index (κ3) is 4.27. The van der Waals surface area contributed by atoms with Crippen LogP contribution in [0.2, 0.25) is 0 Å². The van der Waals surface area contributed by atoms with E-state index in [0.29, 0.717) is 18.5 Å². The lowest BCUT2D eigenvalue weighted by Gasteiger charge is -2.03. The molecular formula is C11H17N3O2. The summed E-state index contributed by atoms with van der Waals surface area (Å²) in [7, 11) is 0. The number of nitrogens with one attached hydrogen (secondary N) is 1. The molecule has 0 spiro atoms. The van der Waals surface area contributed by atoms with Crippen molar-refractivity contribution in [3.05, 3.63) is 30.4 Å². The molecule has 0 amide bonds. The summed E-state index contributed by atoms with van der Waals surface area (Å²) in [6.07, 6.45) is 7.66. The standard InChI is InChI=1S/C11H17N3O2/c1-2-10(11(15)16)3-4-12-5-7-14-8-6-13-9-14/h3,6,8-9,12H,2,4-5,7H2,1H3,(H,15,16)/b10-3-. The van der Waals surface area contributed by atoms with Gasteiger partial charge in [-0.1, -0.05) is 13.0 Å². The van der Waals surface area contributed by atoms with Crippen molar-refractivity contribution in [2.75, 3.05) is 13.1 Å². The molecule has 0 aliphatic heterocycles. The van der Waals surface area contributed by atoms with E-state index >= 15 is 0 Å². The van der Waals surface area contributed by atoms with Crippen molar-refractivity contribution >= 4 is 5.97 Å². The molecule has 1 rings (SSSR count). The fourth-order valence-electron chi connectivity index (χ4n) is 1.31. The third-order valence-corrected chi connectivity index (χ3v) is 2.25. The summed E-state index contributed by atoms with van der Waals surface area (Å²) in [6, 6.07) is 0. The predicted octanol–water partition coefficient (Wildman–Crippen LogP) is 0.894. The maximum Gasteiger partial charge on any atom is 0.331 e. The summed E-state index contributed by atoms with van der Waals surface area (Å²) in [6.45, 7) is 4.06. The van der Waals surface area contributed by atoms with Crippen LogP contribution in [0.1, 0.15) is 13.3 Å². The molecule has 0 unspecified atom stereocenters. The zero-order chi connectivity index (χ0) is 11.8. The van der Waals surface area contributed by atoms with E-state index in [1.165, 1.54) is 0 Å². The van der Waals surface area contributed by atoms with E-state index in [4.69, 9.17) is 5.11 Å². The Morgan fingerprint density at radius 3 is 3.00 bits per heavy atom. The number of hydrogen-bond donors (Lipinski definition) is 2. The molecule has 1 heterocycles. The minimum atomic E-state index is -0.834. The van der Waals surface area contributed by atoms with E-state index < -0.39 is 5.97 Å². The van der Waals surface area contributed by atoms with Crippen molar-refractivity contribution in [1.29, 1.82) is 0 Å². The number of hydrogen-bond acceptors (Lipinski definition) is 3. The monoisotopic (exact) mass is 223 g/mol. The van der Waals surface area contributed by atoms with E-state index in [0.717, 1.165) is 13.1 Å². The highest BCUT2D eigenvalue weighted by Crippen LogP contribution is 1.98. The van der Waals surface area contributed by atoms with Crippen LogP contribution in [0.3, 0.4) is 0 Å². The molecule has 5 nitrogen and oxygen atoms in total. The van der Waals surface area contributed by atoms with Gasteiger partial charge in [-0.3, -0.25) is 0 Å². The van der Waals surface area contributed by atoms with E-state index in [1.807, 2.05) is 17.7 Å². The number of carboxylic acids is 1. The Hall–Kier alpha value is -1.62. The second-order valence-corrected chi connectivity index (χ2v) is 3.39. The molecule has 0 fully saturated rings. The third-order valence-electron chi connectivity index (χ3n) is 2.25. The molecule has 1 aromatic rings. The van der Waals surface area contributed by atoms with E-state index in [-0.39, 0.29) is 0 Å². The normalized spacial score (nSPS) is 11.7. The lowest BCUT2D eigenvalue weighted by molar-refractivity contribution is -0.132. The van der Waals surface area contributed by atoms with Crippen molar-refractivity contribution in [1.82, 2.24) is 14.9 Å². The van der Waals surface area contributed by atoms with E-state index in [2.05, 4.69) is 10.3 Å². The largest absolute Gasteiger partial charge is 0.478 e. The van der Waals surface area contributed by atoms with Crippen molar-refractivity contribution < 1.29 is 9.90 Å². The molecule has 2 N–H and O–H groups in total. The molecule has 5 heteroatoms. The van der Waals surface area contributed by atoms with Crippen LogP contribution in [0.15, 0.2) is 30.4 Å². The average molecular weight is 223 g/mol. The highest BCUT2D eigenvalue weighted by Gasteiger charge is 2.02. The van der Waals surface area contributed by atoms with Gasteiger partial charge in [-0.2, -0.15) is 0 Å². The summed E-state index contributed by atoms with van der Waals surface area (Å²) >= 11 is 0. The minimum absolute atomic E-state index is 0.454. The van der Waals surface area contributed by atoms with Gasteiger partial charge in [0.2, 0.25) is 0 Å². The number of carboxylic acid groups (broad SMARTS) is 1. The first-order valence-electron chi connectivity index (χ1n) is 5.32. The van der Waals surface area contributed by atoms with E-state index in [9.17, 15) is 4.79 Å². The molecule has 1 aromatic heterocycles. The first kappa shape index (κ1) is 12.4. The zero-order valence-corrected chi connectivity index (χ0v) is 9.39. The van der Waals surface area contributed by atoms with Gasteiger partial charge in [0, 0.05) is 37.6 Å². The van der Waals surface area contributed by atoms with Crippen LogP contribution in [0.5, 0.6) is 0 Å². The molecule has 0 atom stereocenters. The Balaban J connectivity index is 2.18. The topological polar surface area (TPSA) is 67.2 Å². The Morgan fingerprint density at radius 1 is 1.62 bits per heavy atom. The first-order valence-corrected chi connectivity index (χ1v) is 5.32. The first-order chi connectivity index (χ1) is 7.74. The van der Waals surface area contributed by atoms with Crippen molar-refractivity contribution in [2.45, 2.75) is 19.9 Å². The number of nitrogens with zero attached hydrogens (tertiary/aromatic N) is 2. The van der Waals surface area contributed by atoms with Crippen LogP contribution in [0.4, 0.5) is 0 Å². The van der Waals surface area contributed by atoms with E-state index in [1.54, 1.807) is 18.6 Å². The van der Waals surface area contributed by atoms with Crippen molar-refractivity contribution in [2.24, 2.45) is 0 Å². The van der Waals surface area contributed by atoms with Crippen LogP contribution < -0.4 is 5.32 Å². The molecule has 0 bridgehead atoms.